The number of hydrogen-bond donors (Lipinski definition) is 4. The van der Waals surface area contributed by atoms with Crippen LogP contribution in [0.15, 0.2) is 30.3 Å². The smallest absolute Gasteiger partial charge is 0.307 e. The van der Waals surface area contributed by atoms with Crippen molar-refractivity contribution in [3.8, 4) is 11.5 Å². The van der Waals surface area contributed by atoms with Gasteiger partial charge >= 0.3 is 5.97 Å². The number of aliphatic carboxylic acids is 1. The summed E-state index contributed by atoms with van der Waals surface area (Å²) < 4.78 is 0. The van der Waals surface area contributed by atoms with E-state index in [1.165, 1.54) is 18.2 Å². The zero-order valence-electron chi connectivity index (χ0n) is 15.2. The van der Waals surface area contributed by atoms with Crippen molar-refractivity contribution in [1.29, 1.82) is 0 Å². The molecule has 0 saturated carbocycles. The molecule has 2 aromatic carbocycles. The molecular weight excluding hydrogens is 380 g/mol. The Bertz CT molecular complexity index is 1120. The van der Waals surface area contributed by atoms with Crippen molar-refractivity contribution in [2.75, 3.05) is 0 Å². The van der Waals surface area contributed by atoms with Gasteiger partial charge in [-0.05, 0) is 17.7 Å². The monoisotopic (exact) mass is 396 g/mol. The van der Waals surface area contributed by atoms with Crippen LogP contribution in [-0.2, 0) is 16.0 Å². The lowest BCUT2D eigenvalue weighted by Gasteiger charge is -2.22. The van der Waals surface area contributed by atoms with Crippen molar-refractivity contribution in [2.24, 2.45) is 0 Å². The molecule has 3 rings (SSSR count). The van der Waals surface area contributed by atoms with E-state index in [2.05, 4.69) is 0 Å². The Labute approximate surface area is 164 Å². The number of hydrogen-bond acceptors (Lipinski definition) is 7. The minimum absolute atomic E-state index is 0.0443. The molecule has 0 saturated heterocycles. The number of aliphatic hydroxyl groups excluding tert-OH is 1. The average molecular weight is 396 g/mol. The summed E-state index contributed by atoms with van der Waals surface area (Å²) in [5, 5.41) is 40.3. The largest absolute Gasteiger partial charge is 0.507 e. The number of phenolic OH excluding ortho intramolecular Hbond substituents is 2. The molecule has 0 aromatic heterocycles. The second-order valence-electron chi connectivity index (χ2n) is 6.46. The van der Waals surface area contributed by atoms with Crippen LogP contribution in [0, 0.1) is 0 Å². The van der Waals surface area contributed by atoms with E-state index in [1.54, 1.807) is 6.92 Å². The second kappa shape index (κ2) is 7.23. The Morgan fingerprint density at radius 1 is 1.00 bits per heavy atom. The first-order chi connectivity index (χ1) is 13.7. The van der Waals surface area contributed by atoms with Gasteiger partial charge in [0.05, 0.1) is 23.1 Å². The predicted molar refractivity (Wildman–Crippen MR) is 100 cm³/mol. The molecule has 148 valence electrons. The van der Waals surface area contributed by atoms with E-state index < -0.39 is 58.1 Å². The summed E-state index contributed by atoms with van der Waals surface area (Å²) in [6.45, 7) is 1.54. The highest BCUT2D eigenvalue weighted by Gasteiger charge is 2.36. The molecule has 0 atom stereocenters. The molecule has 0 amide bonds. The van der Waals surface area contributed by atoms with Crippen molar-refractivity contribution in [3.05, 3.63) is 63.7 Å². The maximum absolute atomic E-state index is 12.9. The molecule has 0 unspecified atom stereocenters. The van der Waals surface area contributed by atoms with Crippen LogP contribution in [0.5, 0.6) is 11.5 Å². The zero-order chi connectivity index (χ0) is 21.5. The number of ketones is 3. The Morgan fingerprint density at radius 3 is 2.31 bits per heavy atom. The lowest BCUT2D eigenvalue weighted by Crippen LogP contribution is -2.22. The standard InChI is InChI=1S/C21H16O8/c1-2-10(22)8-14(24)16-9(7-15(25)26)6-12-18(20(16)28)21(29)17-11(19(12)27)4-3-5-13(17)23/h3-6,8,23-24,28H,2,7H2,1H3,(H,25,26). The molecule has 1 aliphatic rings. The van der Waals surface area contributed by atoms with Crippen LogP contribution in [0.4, 0.5) is 0 Å². The predicted octanol–water partition coefficient (Wildman–Crippen LogP) is 2.38. The fraction of sp³-hybridized carbons (Fsp3) is 0.143. The van der Waals surface area contributed by atoms with E-state index in [0.29, 0.717) is 0 Å². The van der Waals surface area contributed by atoms with E-state index >= 15 is 0 Å². The third-order valence-corrected chi connectivity index (χ3v) is 4.61. The van der Waals surface area contributed by atoms with Crippen LogP contribution >= 0.6 is 0 Å². The maximum Gasteiger partial charge on any atom is 0.307 e. The van der Waals surface area contributed by atoms with Crippen LogP contribution in [0.25, 0.3) is 5.76 Å². The van der Waals surface area contributed by atoms with E-state index in [9.17, 15) is 39.6 Å². The van der Waals surface area contributed by atoms with E-state index in [0.717, 1.165) is 12.1 Å². The topological polar surface area (TPSA) is 149 Å². The number of allylic oxidation sites excluding steroid dienone is 1. The summed E-state index contributed by atoms with van der Waals surface area (Å²) in [5.41, 5.74) is -1.68. The van der Waals surface area contributed by atoms with Crippen LogP contribution in [-0.4, -0.2) is 43.7 Å². The maximum atomic E-state index is 12.9. The highest BCUT2D eigenvalue weighted by Crippen LogP contribution is 2.41. The van der Waals surface area contributed by atoms with E-state index in [1.807, 2.05) is 0 Å². The average Bonchev–Trinajstić information content (AvgIpc) is 2.64. The van der Waals surface area contributed by atoms with Crippen molar-refractivity contribution in [1.82, 2.24) is 0 Å². The van der Waals surface area contributed by atoms with Gasteiger partial charge in [0.15, 0.2) is 11.6 Å². The molecule has 8 nitrogen and oxygen atoms in total. The van der Waals surface area contributed by atoms with Gasteiger partial charge in [0.2, 0.25) is 5.78 Å². The summed E-state index contributed by atoms with van der Waals surface area (Å²) in [4.78, 5) is 48.7. The van der Waals surface area contributed by atoms with Crippen LogP contribution in [0.1, 0.15) is 56.3 Å². The van der Waals surface area contributed by atoms with Gasteiger partial charge < -0.3 is 20.4 Å². The number of benzene rings is 2. The molecule has 4 N–H and O–H groups in total. The van der Waals surface area contributed by atoms with Gasteiger partial charge in [-0.15, -0.1) is 0 Å². The lowest BCUT2D eigenvalue weighted by molar-refractivity contribution is -0.136. The molecule has 0 heterocycles. The lowest BCUT2D eigenvalue weighted by atomic mass is 9.80. The Balaban J connectivity index is 2.35. The molecular formula is C21H16O8. The molecule has 0 radical (unpaired) electrons. The number of carboxylic acid groups (broad SMARTS) is 1. The van der Waals surface area contributed by atoms with E-state index in [-0.39, 0.29) is 28.7 Å². The molecule has 0 aliphatic heterocycles. The van der Waals surface area contributed by atoms with Gasteiger partial charge in [-0.2, -0.15) is 0 Å². The second-order valence-corrected chi connectivity index (χ2v) is 6.46. The molecule has 1 aliphatic carbocycles. The number of carbonyl (C=O) groups excluding carboxylic acids is 3. The Hall–Kier alpha value is -3.94. The van der Waals surface area contributed by atoms with Gasteiger partial charge in [0.1, 0.15) is 17.3 Å². The molecule has 0 spiro atoms. The molecule has 8 heteroatoms. The molecule has 0 bridgehead atoms. The van der Waals surface area contributed by atoms with Gasteiger partial charge in [-0.25, -0.2) is 0 Å². The number of aromatic hydroxyl groups is 2. The first kappa shape index (κ1) is 19.8. The van der Waals surface area contributed by atoms with Crippen LogP contribution in [0.2, 0.25) is 0 Å². The zero-order valence-corrected chi connectivity index (χ0v) is 15.2. The van der Waals surface area contributed by atoms with Gasteiger partial charge in [-0.3, -0.25) is 19.2 Å². The van der Waals surface area contributed by atoms with E-state index in [4.69, 9.17) is 0 Å². The summed E-state index contributed by atoms with van der Waals surface area (Å²) >= 11 is 0. The summed E-state index contributed by atoms with van der Waals surface area (Å²) in [5.74, 6) is -5.36. The molecule has 29 heavy (non-hydrogen) atoms. The summed E-state index contributed by atoms with van der Waals surface area (Å²) in [6.07, 6.45) is 0.179. The number of rotatable bonds is 5. The SMILES string of the molecule is CCC(=O)C=C(O)c1c(CC(=O)O)cc2c(c1O)C(=O)c1c(O)cccc1C2=O. The van der Waals surface area contributed by atoms with Crippen molar-refractivity contribution in [3.63, 3.8) is 0 Å². The van der Waals surface area contributed by atoms with Crippen molar-refractivity contribution >= 4 is 29.1 Å². The van der Waals surface area contributed by atoms with Crippen molar-refractivity contribution < 1.29 is 39.6 Å². The molecule has 2 aromatic rings. The first-order valence-corrected chi connectivity index (χ1v) is 8.63. The first-order valence-electron chi connectivity index (χ1n) is 8.63. The Morgan fingerprint density at radius 2 is 1.69 bits per heavy atom. The minimum atomic E-state index is -1.31. The summed E-state index contributed by atoms with van der Waals surface area (Å²) in [7, 11) is 0. The van der Waals surface area contributed by atoms with Crippen LogP contribution in [0.3, 0.4) is 0 Å². The van der Waals surface area contributed by atoms with Gasteiger partial charge in [0.25, 0.3) is 0 Å². The highest BCUT2D eigenvalue weighted by molar-refractivity contribution is 6.30. The van der Waals surface area contributed by atoms with Gasteiger partial charge in [0, 0.05) is 23.6 Å². The van der Waals surface area contributed by atoms with Crippen LogP contribution < -0.4 is 0 Å². The normalized spacial score (nSPS) is 13.1. The third-order valence-electron chi connectivity index (χ3n) is 4.61. The van der Waals surface area contributed by atoms with Crippen molar-refractivity contribution in [2.45, 2.75) is 19.8 Å². The number of carboxylic acids is 1. The quantitative estimate of drug-likeness (QED) is 0.379. The fourth-order valence-corrected chi connectivity index (χ4v) is 3.29. The molecule has 0 fully saturated rings. The summed E-state index contributed by atoms with van der Waals surface area (Å²) in [6, 6.07) is 5.02. The highest BCUT2D eigenvalue weighted by atomic mass is 16.4. The fourth-order valence-electron chi connectivity index (χ4n) is 3.29. The third kappa shape index (κ3) is 3.25. The number of aliphatic hydroxyl groups is 1. The minimum Gasteiger partial charge on any atom is -0.507 e. The number of fused-ring (bicyclic) bond motifs is 2. The number of carbonyl (C=O) groups is 4. The van der Waals surface area contributed by atoms with Gasteiger partial charge in [-0.1, -0.05) is 19.1 Å². The number of phenols is 2. The Kier molecular flexibility index (Phi) is 4.94.